The first-order chi connectivity index (χ1) is 5.75. The number of H-pyrrole nitrogens is 1. The Morgan fingerprint density at radius 2 is 2.42 bits per heavy atom. The van der Waals surface area contributed by atoms with Crippen molar-refractivity contribution in [3.8, 4) is 11.6 Å². The van der Waals surface area contributed by atoms with E-state index >= 15 is 0 Å². The summed E-state index contributed by atoms with van der Waals surface area (Å²) in [6, 6.07) is 1.73. The van der Waals surface area contributed by atoms with Crippen LogP contribution < -0.4 is 0 Å². The van der Waals surface area contributed by atoms with E-state index in [1.54, 1.807) is 19.2 Å². The van der Waals surface area contributed by atoms with Gasteiger partial charge in [-0.25, -0.2) is 0 Å². The topological polar surface area (TPSA) is 54.7 Å². The van der Waals surface area contributed by atoms with Crippen molar-refractivity contribution < 1.29 is 4.52 Å². The van der Waals surface area contributed by atoms with Crippen molar-refractivity contribution in [2.75, 3.05) is 0 Å². The maximum atomic E-state index is 5.70. The highest BCUT2D eigenvalue weighted by molar-refractivity contribution is 6.30. The molecule has 0 spiro atoms. The molecule has 0 aliphatic carbocycles. The van der Waals surface area contributed by atoms with E-state index in [4.69, 9.17) is 16.1 Å². The average molecular weight is 184 g/mol. The van der Waals surface area contributed by atoms with Crippen molar-refractivity contribution in [1.29, 1.82) is 0 Å². The van der Waals surface area contributed by atoms with E-state index in [2.05, 4.69) is 15.1 Å². The molecule has 0 saturated carbocycles. The molecule has 2 aromatic heterocycles. The summed E-state index contributed by atoms with van der Waals surface area (Å²) in [5.41, 5.74) is 0.737. The second kappa shape index (κ2) is 2.64. The predicted octanol–water partition coefficient (Wildman–Crippen LogP) is 2.03. The normalized spacial score (nSPS) is 10.5. The van der Waals surface area contributed by atoms with Crippen LogP contribution in [0.25, 0.3) is 11.6 Å². The number of nitrogens with zero attached hydrogens (tertiary/aromatic N) is 2. The van der Waals surface area contributed by atoms with Gasteiger partial charge in [0.1, 0.15) is 5.69 Å². The molecule has 0 aromatic carbocycles. The zero-order chi connectivity index (χ0) is 8.55. The van der Waals surface area contributed by atoms with Crippen molar-refractivity contribution in [3.05, 3.63) is 23.1 Å². The summed E-state index contributed by atoms with van der Waals surface area (Å²) in [4.78, 5) is 6.93. The number of rotatable bonds is 1. The van der Waals surface area contributed by atoms with Crippen LogP contribution in [0.3, 0.4) is 0 Å². The lowest BCUT2D eigenvalue weighted by molar-refractivity contribution is 0.424. The van der Waals surface area contributed by atoms with Crippen LogP contribution in [0.15, 0.2) is 16.8 Å². The summed E-state index contributed by atoms with van der Waals surface area (Å²) in [6.07, 6.45) is 1.66. The zero-order valence-corrected chi connectivity index (χ0v) is 7.09. The van der Waals surface area contributed by atoms with Crippen LogP contribution in [0.5, 0.6) is 0 Å². The molecular weight excluding hydrogens is 178 g/mol. The van der Waals surface area contributed by atoms with Gasteiger partial charge in [0.15, 0.2) is 5.82 Å². The van der Waals surface area contributed by atoms with Crippen LogP contribution in [0, 0.1) is 6.92 Å². The lowest BCUT2D eigenvalue weighted by atomic mass is 10.4. The number of aryl methyl sites for hydroxylation is 1. The van der Waals surface area contributed by atoms with Gasteiger partial charge < -0.3 is 9.51 Å². The van der Waals surface area contributed by atoms with Crippen LogP contribution in [0.2, 0.25) is 5.02 Å². The van der Waals surface area contributed by atoms with Gasteiger partial charge in [-0.2, -0.15) is 4.98 Å². The van der Waals surface area contributed by atoms with Crippen LogP contribution in [-0.4, -0.2) is 15.1 Å². The van der Waals surface area contributed by atoms with Gasteiger partial charge in [-0.3, -0.25) is 0 Å². The highest BCUT2D eigenvalue weighted by Crippen LogP contribution is 2.19. The quantitative estimate of drug-likeness (QED) is 0.736. The molecule has 0 atom stereocenters. The molecule has 0 aliphatic heterocycles. The van der Waals surface area contributed by atoms with Gasteiger partial charge in [0.25, 0.3) is 5.89 Å². The van der Waals surface area contributed by atoms with Crippen molar-refractivity contribution in [1.82, 2.24) is 15.1 Å². The van der Waals surface area contributed by atoms with Gasteiger partial charge in [0.2, 0.25) is 0 Å². The SMILES string of the molecule is Cc1noc(-c2cc(Cl)c[nH]2)n1. The summed E-state index contributed by atoms with van der Waals surface area (Å²) in [5.74, 6) is 1.06. The van der Waals surface area contributed by atoms with E-state index in [-0.39, 0.29) is 0 Å². The Bertz CT molecular complexity index is 355. The largest absolute Gasteiger partial charge is 0.356 e. The van der Waals surface area contributed by atoms with Crippen molar-refractivity contribution in [2.45, 2.75) is 6.92 Å². The second-order valence-corrected chi connectivity index (χ2v) is 2.81. The molecule has 62 valence electrons. The fraction of sp³-hybridized carbons (Fsp3) is 0.143. The molecule has 2 rings (SSSR count). The molecule has 0 fully saturated rings. The first-order valence-corrected chi connectivity index (χ1v) is 3.78. The highest BCUT2D eigenvalue weighted by Gasteiger charge is 2.07. The molecule has 0 radical (unpaired) electrons. The molecule has 0 saturated heterocycles. The minimum absolute atomic E-state index is 0.458. The average Bonchev–Trinajstić information content (AvgIpc) is 2.58. The number of hydrogen-bond donors (Lipinski definition) is 1. The fourth-order valence-electron chi connectivity index (χ4n) is 0.898. The zero-order valence-electron chi connectivity index (χ0n) is 6.34. The molecule has 2 heterocycles. The maximum Gasteiger partial charge on any atom is 0.274 e. The molecule has 12 heavy (non-hydrogen) atoms. The molecule has 0 aliphatic rings. The summed E-state index contributed by atoms with van der Waals surface area (Å²) in [7, 11) is 0. The van der Waals surface area contributed by atoms with Crippen LogP contribution >= 0.6 is 11.6 Å². The van der Waals surface area contributed by atoms with Crippen molar-refractivity contribution in [2.24, 2.45) is 0 Å². The Morgan fingerprint density at radius 1 is 1.58 bits per heavy atom. The number of aromatic amines is 1. The summed E-state index contributed by atoms with van der Waals surface area (Å²) in [6.45, 7) is 1.76. The van der Waals surface area contributed by atoms with Gasteiger partial charge in [0, 0.05) is 6.20 Å². The standard InChI is InChI=1S/C7H6ClN3O/c1-4-10-7(12-11-4)6-2-5(8)3-9-6/h2-3,9H,1H3. The predicted molar refractivity (Wildman–Crippen MR) is 43.8 cm³/mol. The Labute approximate surface area is 73.6 Å². The Balaban J connectivity index is 2.43. The van der Waals surface area contributed by atoms with Gasteiger partial charge in [-0.15, -0.1) is 0 Å². The van der Waals surface area contributed by atoms with Crippen LogP contribution in [0.1, 0.15) is 5.82 Å². The molecule has 0 amide bonds. The molecule has 1 N–H and O–H groups in total. The number of halogens is 1. The number of aromatic nitrogens is 3. The maximum absolute atomic E-state index is 5.70. The third-order valence-electron chi connectivity index (χ3n) is 1.41. The van der Waals surface area contributed by atoms with Crippen molar-refractivity contribution in [3.63, 3.8) is 0 Å². The Hall–Kier alpha value is -1.29. The third-order valence-corrected chi connectivity index (χ3v) is 1.62. The molecular formula is C7H6ClN3O. The van der Waals surface area contributed by atoms with Gasteiger partial charge in [-0.1, -0.05) is 16.8 Å². The number of hydrogen-bond acceptors (Lipinski definition) is 3. The van der Waals surface area contributed by atoms with Crippen LogP contribution in [0.4, 0.5) is 0 Å². The van der Waals surface area contributed by atoms with E-state index in [0.717, 1.165) is 5.69 Å². The smallest absolute Gasteiger partial charge is 0.274 e. The molecule has 4 nitrogen and oxygen atoms in total. The summed E-state index contributed by atoms with van der Waals surface area (Å²) < 4.78 is 4.91. The molecule has 0 bridgehead atoms. The van der Waals surface area contributed by atoms with E-state index in [1.807, 2.05) is 0 Å². The minimum Gasteiger partial charge on any atom is -0.356 e. The lowest BCUT2D eigenvalue weighted by Gasteiger charge is -1.82. The number of nitrogens with one attached hydrogen (secondary N) is 1. The van der Waals surface area contributed by atoms with E-state index in [9.17, 15) is 0 Å². The summed E-state index contributed by atoms with van der Waals surface area (Å²) in [5, 5.41) is 4.28. The van der Waals surface area contributed by atoms with Crippen LogP contribution in [-0.2, 0) is 0 Å². The van der Waals surface area contributed by atoms with E-state index in [1.165, 1.54) is 0 Å². The van der Waals surface area contributed by atoms with Gasteiger partial charge in [0.05, 0.1) is 5.02 Å². The van der Waals surface area contributed by atoms with Crippen molar-refractivity contribution >= 4 is 11.6 Å². The first kappa shape index (κ1) is 7.36. The van der Waals surface area contributed by atoms with E-state index in [0.29, 0.717) is 16.7 Å². The minimum atomic E-state index is 0.458. The second-order valence-electron chi connectivity index (χ2n) is 2.38. The highest BCUT2D eigenvalue weighted by atomic mass is 35.5. The Kier molecular flexibility index (Phi) is 1.62. The monoisotopic (exact) mass is 183 g/mol. The van der Waals surface area contributed by atoms with Gasteiger partial charge >= 0.3 is 0 Å². The van der Waals surface area contributed by atoms with E-state index < -0.39 is 0 Å². The third kappa shape index (κ3) is 1.21. The van der Waals surface area contributed by atoms with Gasteiger partial charge in [-0.05, 0) is 13.0 Å². The lowest BCUT2D eigenvalue weighted by Crippen LogP contribution is -1.76. The molecule has 0 unspecified atom stereocenters. The molecule has 5 heteroatoms. The first-order valence-electron chi connectivity index (χ1n) is 3.40. The molecule has 2 aromatic rings. The summed E-state index contributed by atoms with van der Waals surface area (Å²) >= 11 is 5.70. The Morgan fingerprint density at radius 3 is 2.92 bits per heavy atom. The fourth-order valence-corrected chi connectivity index (χ4v) is 1.06.